The lowest BCUT2D eigenvalue weighted by Crippen LogP contribution is -2.05. The second kappa shape index (κ2) is 6.74. The first-order chi connectivity index (χ1) is 10.0. The van der Waals surface area contributed by atoms with Gasteiger partial charge in [-0.15, -0.1) is 0 Å². The molecule has 0 radical (unpaired) electrons. The molecule has 0 saturated heterocycles. The summed E-state index contributed by atoms with van der Waals surface area (Å²) in [5, 5.41) is 7.54. The van der Waals surface area contributed by atoms with Gasteiger partial charge in [0, 0.05) is 23.7 Å². The van der Waals surface area contributed by atoms with Gasteiger partial charge in [0.15, 0.2) is 0 Å². The van der Waals surface area contributed by atoms with E-state index in [0.717, 1.165) is 35.5 Å². The fourth-order valence-corrected chi connectivity index (χ4v) is 2.38. The van der Waals surface area contributed by atoms with Crippen LogP contribution in [0.5, 0.6) is 0 Å². The first-order valence-electron chi connectivity index (χ1n) is 7.50. The van der Waals surface area contributed by atoms with E-state index in [1.165, 1.54) is 6.07 Å². The molecule has 2 rings (SSSR count). The van der Waals surface area contributed by atoms with Crippen molar-refractivity contribution >= 4 is 5.69 Å². The number of hydrogen-bond donors (Lipinski definition) is 1. The van der Waals surface area contributed by atoms with Crippen molar-refractivity contribution in [1.29, 1.82) is 0 Å². The molecule has 0 fully saturated rings. The van der Waals surface area contributed by atoms with E-state index in [9.17, 15) is 4.39 Å². The number of halogens is 1. The number of nitrogens with zero attached hydrogens (tertiary/aromatic N) is 1. The molecule has 4 heteroatoms. The molecular formula is C17H23FN2O. The summed E-state index contributed by atoms with van der Waals surface area (Å²) < 4.78 is 18.8. The van der Waals surface area contributed by atoms with Gasteiger partial charge in [-0.25, -0.2) is 4.39 Å². The first-order valence-corrected chi connectivity index (χ1v) is 7.50. The molecule has 2 aromatic rings. The molecule has 3 nitrogen and oxygen atoms in total. The Morgan fingerprint density at radius 1 is 1.33 bits per heavy atom. The van der Waals surface area contributed by atoms with Crippen LogP contribution >= 0.6 is 0 Å². The molecule has 0 unspecified atom stereocenters. The predicted molar refractivity (Wildman–Crippen MR) is 83.1 cm³/mol. The van der Waals surface area contributed by atoms with E-state index >= 15 is 0 Å². The van der Waals surface area contributed by atoms with E-state index in [1.807, 2.05) is 6.07 Å². The average molecular weight is 290 g/mol. The van der Waals surface area contributed by atoms with Gasteiger partial charge in [-0.3, -0.25) is 0 Å². The Bertz CT molecular complexity index is 605. The molecule has 21 heavy (non-hydrogen) atoms. The van der Waals surface area contributed by atoms with Crippen molar-refractivity contribution in [3.63, 3.8) is 0 Å². The molecule has 1 N–H and O–H groups in total. The average Bonchev–Trinajstić information content (AvgIpc) is 2.84. The third-order valence-electron chi connectivity index (χ3n) is 3.54. The zero-order chi connectivity index (χ0) is 15.4. The topological polar surface area (TPSA) is 38.1 Å². The van der Waals surface area contributed by atoms with Crippen molar-refractivity contribution in [3.05, 3.63) is 46.6 Å². The van der Waals surface area contributed by atoms with Crippen molar-refractivity contribution in [2.45, 2.75) is 53.0 Å². The van der Waals surface area contributed by atoms with Gasteiger partial charge in [0.2, 0.25) is 0 Å². The molecule has 0 saturated carbocycles. The maximum Gasteiger partial charge on any atom is 0.144 e. The van der Waals surface area contributed by atoms with Crippen molar-refractivity contribution in [1.82, 2.24) is 5.16 Å². The minimum Gasteiger partial charge on any atom is -0.381 e. The van der Waals surface area contributed by atoms with Crippen LogP contribution in [-0.4, -0.2) is 5.16 Å². The lowest BCUT2D eigenvalue weighted by molar-refractivity contribution is 0.364. The van der Waals surface area contributed by atoms with Crippen molar-refractivity contribution in [2.24, 2.45) is 0 Å². The summed E-state index contributed by atoms with van der Waals surface area (Å²) in [5.74, 6) is 1.06. The Kier molecular flexibility index (Phi) is 4.99. The first kappa shape index (κ1) is 15.5. The highest BCUT2D eigenvalue weighted by molar-refractivity contribution is 5.47. The zero-order valence-corrected chi connectivity index (χ0v) is 13.2. The zero-order valence-electron chi connectivity index (χ0n) is 13.2. The minimum atomic E-state index is -0.180. The number of aromatic nitrogens is 1. The van der Waals surface area contributed by atoms with Gasteiger partial charge in [-0.1, -0.05) is 32.3 Å². The highest BCUT2D eigenvalue weighted by Gasteiger charge is 2.17. The van der Waals surface area contributed by atoms with E-state index in [2.05, 4.69) is 31.2 Å². The van der Waals surface area contributed by atoms with Gasteiger partial charge in [-0.05, 0) is 37.1 Å². The van der Waals surface area contributed by atoms with Gasteiger partial charge in [0.1, 0.15) is 11.6 Å². The minimum absolute atomic E-state index is 0.180. The number of aryl methyl sites for hydroxylation is 2. The maximum absolute atomic E-state index is 13.3. The van der Waals surface area contributed by atoms with Crippen LogP contribution in [0.25, 0.3) is 0 Å². The largest absolute Gasteiger partial charge is 0.381 e. The van der Waals surface area contributed by atoms with E-state index < -0.39 is 0 Å². The normalized spacial score (nSPS) is 11.1. The summed E-state index contributed by atoms with van der Waals surface area (Å²) in [6.07, 6.45) is 1.95. The van der Waals surface area contributed by atoms with Crippen molar-refractivity contribution in [3.8, 4) is 0 Å². The molecule has 0 amide bonds. The van der Waals surface area contributed by atoms with Crippen LogP contribution in [-0.2, 0) is 13.0 Å². The second-order valence-electron chi connectivity index (χ2n) is 5.69. The van der Waals surface area contributed by atoms with Gasteiger partial charge in [0.05, 0.1) is 5.69 Å². The van der Waals surface area contributed by atoms with Gasteiger partial charge in [-0.2, -0.15) is 0 Å². The molecule has 0 bridgehead atoms. The van der Waals surface area contributed by atoms with Crippen molar-refractivity contribution < 1.29 is 8.91 Å². The molecule has 0 atom stereocenters. The molecule has 1 aromatic carbocycles. The molecule has 0 spiro atoms. The number of hydrogen-bond acceptors (Lipinski definition) is 3. The quantitative estimate of drug-likeness (QED) is 0.829. The SMILES string of the molecule is CCCc1noc(C(C)C)c1CNc1ccc(F)c(C)c1. The third-order valence-corrected chi connectivity index (χ3v) is 3.54. The Morgan fingerprint density at radius 2 is 2.10 bits per heavy atom. The van der Waals surface area contributed by atoms with Crippen molar-refractivity contribution in [2.75, 3.05) is 5.32 Å². The van der Waals surface area contributed by atoms with E-state index in [-0.39, 0.29) is 5.82 Å². The Hall–Kier alpha value is -1.84. The second-order valence-corrected chi connectivity index (χ2v) is 5.69. The van der Waals surface area contributed by atoms with E-state index in [4.69, 9.17) is 4.52 Å². The predicted octanol–water partition coefficient (Wildman–Crippen LogP) is 4.81. The summed E-state index contributed by atoms with van der Waals surface area (Å²) in [6.45, 7) is 8.74. The van der Waals surface area contributed by atoms with Crippen LogP contribution < -0.4 is 5.32 Å². The molecular weight excluding hydrogens is 267 g/mol. The lowest BCUT2D eigenvalue weighted by Gasteiger charge is -2.10. The lowest BCUT2D eigenvalue weighted by atomic mass is 10.0. The van der Waals surface area contributed by atoms with Crippen LogP contribution in [0, 0.1) is 12.7 Å². The molecule has 0 aliphatic carbocycles. The van der Waals surface area contributed by atoms with Crippen LogP contribution in [0.2, 0.25) is 0 Å². The van der Waals surface area contributed by atoms with E-state index in [0.29, 0.717) is 18.0 Å². The monoisotopic (exact) mass is 290 g/mol. The molecule has 0 aliphatic heterocycles. The summed E-state index contributed by atoms with van der Waals surface area (Å²) in [7, 11) is 0. The Labute approximate surface area is 125 Å². The highest BCUT2D eigenvalue weighted by Crippen LogP contribution is 2.25. The van der Waals surface area contributed by atoms with E-state index in [1.54, 1.807) is 13.0 Å². The summed E-state index contributed by atoms with van der Waals surface area (Å²) >= 11 is 0. The number of rotatable bonds is 6. The summed E-state index contributed by atoms with van der Waals surface area (Å²) in [5.41, 5.74) is 3.71. The smallest absolute Gasteiger partial charge is 0.144 e. The van der Waals surface area contributed by atoms with Crippen LogP contribution in [0.4, 0.5) is 10.1 Å². The molecule has 114 valence electrons. The van der Waals surface area contributed by atoms with Gasteiger partial charge < -0.3 is 9.84 Å². The number of benzene rings is 1. The third kappa shape index (κ3) is 3.63. The Balaban J connectivity index is 2.17. The number of anilines is 1. The maximum atomic E-state index is 13.3. The molecule has 1 aromatic heterocycles. The Morgan fingerprint density at radius 3 is 2.71 bits per heavy atom. The highest BCUT2D eigenvalue weighted by atomic mass is 19.1. The van der Waals surface area contributed by atoms with Gasteiger partial charge in [0.25, 0.3) is 0 Å². The number of nitrogens with one attached hydrogen (secondary N) is 1. The molecule has 1 heterocycles. The fourth-order valence-electron chi connectivity index (χ4n) is 2.38. The standard InChI is InChI=1S/C17H23FN2O/c1-5-6-16-14(17(11(2)3)21-20-16)10-19-13-7-8-15(18)12(4)9-13/h7-9,11,19H,5-6,10H2,1-4H3. The summed E-state index contributed by atoms with van der Waals surface area (Å²) in [6, 6.07) is 5.06. The fraction of sp³-hybridized carbons (Fsp3) is 0.471. The van der Waals surface area contributed by atoms with Crippen LogP contribution in [0.3, 0.4) is 0 Å². The molecule has 0 aliphatic rings. The van der Waals surface area contributed by atoms with Crippen LogP contribution in [0.15, 0.2) is 22.7 Å². The summed E-state index contributed by atoms with van der Waals surface area (Å²) in [4.78, 5) is 0. The van der Waals surface area contributed by atoms with Gasteiger partial charge >= 0.3 is 0 Å². The van der Waals surface area contributed by atoms with Crippen LogP contribution in [0.1, 0.15) is 55.7 Å².